The second-order valence-electron chi connectivity index (χ2n) is 6.75. The predicted molar refractivity (Wildman–Crippen MR) is 99.1 cm³/mol. The third kappa shape index (κ3) is 3.40. The summed E-state index contributed by atoms with van der Waals surface area (Å²) in [5, 5.41) is 7.96. The number of ether oxygens (including phenoxy) is 1. The maximum Gasteiger partial charge on any atom is 0.227 e. The number of carbonyl (C=O) groups is 1. The van der Waals surface area contributed by atoms with Crippen LogP contribution in [-0.2, 0) is 11.2 Å². The fraction of sp³-hybridized carbons (Fsp3) is 0.350. The van der Waals surface area contributed by atoms with Gasteiger partial charge in [-0.25, -0.2) is 4.98 Å². The van der Waals surface area contributed by atoms with Gasteiger partial charge in [-0.15, -0.1) is 0 Å². The van der Waals surface area contributed by atoms with Crippen molar-refractivity contribution in [3.8, 4) is 5.75 Å². The molecule has 0 saturated carbocycles. The molecule has 1 amide bonds. The van der Waals surface area contributed by atoms with Crippen molar-refractivity contribution in [3.63, 3.8) is 0 Å². The van der Waals surface area contributed by atoms with Crippen LogP contribution in [0.15, 0.2) is 42.6 Å². The molecule has 0 bridgehead atoms. The number of aromatic amines is 1. The smallest absolute Gasteiger partial charge is 0.227 e. The summed E-state index contributed by atoms with van der Waals surface area (Å²) in [5.41, 5.74) is 2.85. The molecule has 6 heteroatoms. The first-order valence-corrected chi connectivity index (χ1v) is 8.93. The molecular weight excluding hydrogens is 328 g/mol. The predicted octanol–water partition coefficient (Wildman–Crippen LogP) is 2.92. The maximum absolute atomic E-state index is 12.7. The highest BCUT2D eigenvalue weighted by atomic mass is 16.5. The van der Waals surface area contributed by atoms with Crippen LogP contribution in [0.3, 0.4) is 0 Å². The lowest BCUT2D eigenvalue weighted by Crippen LogP contribution is -2.40. The van der Waals surface area contributed by atoms with E-state index >= 15 is 0 Å². The molecule has 1 fully saturated rings. The number of nitrogens with one attached hydrogen (secondary N) is 1. The number of hydrogen-bond donors (Lipinski definition) is 1. The Kier molecular flexibility index (Phi) is 4.56. The third-order valence-corrected chi connectivity index (χ3v) is 5.03. The molecule has 1 atom stereocenters. The van der Waals surface area contributed by atoms with Gasteiger partial charge in [0.2, 0.25) is 5.91 Å². The van der Waals surface area contributed by atoms with Gasteiger partial charge in [-0.05, 0) is 42.7 Å². The van der Waals surface area contributed by atoms with Crippen molar-refractivity contribution >= 4 is 16.9 Å². The van der Waals surface area contributed by atoms with Crippen LogP contribution < -0.4 is 4.74 Å². The molecule has 0 aliphatic carbocycles. The lowest BCUT2D eigenvalue weighted by Gasteiger charge is -2.32. The van der Waals surface area contributed by atoms with E-state index in [1.165, 1.54) is 0 Å². The number of carbonyl (C=O) groups excluding carboxylic acids is 1. The number of benzene rings is 1. The monoisotopic (exact) mass is 350 g/mol. The molecule has 0 radical (unpaired) electrons. The molecular formula is C20H22N4O2. The molecule has 1 aliphatic rings. The summed E-state index contributed by atoms with van der Waals surface area (Å²) in [6, 6.07) is 11.8. The van der Waals surface area contributed by atoms with Gasteiger partial charge in [0.1, 0.15) is 5.75 Å². The summed E-state index contributed by atoms with van der Waals surface area (Å²) in [6.45, 7) is 1.54. The van der Waals surface area contributed by atoms with Gasteiger partial charge in [0, 0.05) is 30.1 Å². The average molecular weight is 350 g/mol. The normalized spacial score (nSPS) is 17.4. The number of nitrogens with zero attached hydrogens (tertiary/aromatic N) is 3. The van der Waals surface area contributed by atoms with E-state index in [9.17, 15) is 4.79 Å². The van der Waals surface area contributed by atoms with Gasteiger partial charge in [-0.3, -0.25) is 9.89 Å². The minimum Gasteiger partial charge on any atom is -0.497 e. The number of fused-ring (bicyclic) bond motifs is 1. The molecule has 4 rings (SSSR count). The fourth-order valence-electron chi connectivity index (χ4n) is 3.54. The largest absolute Gasteiger partial charge is 0.497 e. The Bertz CT molecular complexity index is 904. The van der Waals surface area contributed by atoms with Gasteiger partial charge in [0.25, 0.3) is 0 Å². The maximum atomic E-state index is 12.7. The number of likely N-dealkylation sites (tertiary alicyclic amines) is 1. The van der Waals surface area contributed by atoms with Crippen LogP contribution in [0.25, 0.3) is 11.0 Å². The van der Waals surface area contributed by atoms with Crippen LogP contribution in [0, 0.1) is 0 Å². The van der Waals surface area contributed by atoms with Gasteiger partial charge in [0.15, 0.2) is 5.65 Å². The van der Waals surface area contributed by atoms with E-state index < -0.39 is 0 Å². The molecule has 1 aliphatic heterocycles. The van der Waals surface area contributed by atoms with Crippen molar-refractivity contribution in [1.82, 2.24) is 20.1 Å². The second kappa shape index (κ2) is 7.15. The van der Waals surface area contributed by atoms with Crippen LogP contribution in [0.4, 0.5) is 0 Å². The lowest BCUT2D eigenvalue weighted by atomic mass is 9.93. The zero-order valence-electron chi connectivity index (χ0n) is 14.8. The van der Waals surface area contributed by atoms with Crippen molar-refractivity contribution in [2.75, 3.05) is 20.2 Å². The van der Waals surface area contributed by atoms with Crippen LogP contribution >= 0.6 is 0 Å². The number of piperidine rings is 1. The van der Waals surface area contributed by atoms with Gasteiger partial charge < -0.3 is 9.64 Å². The summed E-state index contributed by atoms with van der Waals surface area (Å²) in [7, 11) is 1.64. The minimum atomic E-state index is 0.169. The molecule has 26 heavy (non-hydrogen) atoms. The minimum absolute atomic E-state index is 0.169. The second-order valence-corrected chi connectivity index (χ2v) is 6.75. The molecule has 3 aromatic rings. The van der Waals surface area contributed by atoms with Crippen LogP contribution in [0.2, 0.25) is 0 Å². The lowest BCUT2D eigenvalue weighted by molar-refractivity contribution is -0.131. The first kappa shape index (κ1) is 16.6. The first-order valence-electron chi connectivity index (χ1n) is 8.93. The van der Waals surface area contributed by atoms with Crippen molar-refractivity contribution in [2.45, 2.75) is 25.2 Å². The standard InChI is InChI=1S/C20H22N4O2/c1-26-17-7-4-14(5-8-17)11-19(25)24-10-2-3-16(13-24)18-9-6-15-12-21-23-20(15)22-18/h4-9,12,16H,2-3,10-11,13H2,1H3,(H,21,22,23). The van der Waals surface area contributed by atoms with E-state index in [-0.39, 0.29) is 11.8 Å². The molecule has 1 saturated heterocycles. The Morgan fingerprint density at radius 2 is 2.12 bits per heavy atom. The third-order valence-electron chi connectivity index (χ3n) is 5.03. The van der Waals surface area contributed by atoms with Crippen LogP contribution in [-0.4, -0.2) is 46.2 Å². The van der Waals surface area contributed by atoms with Crippen molar-refractivity contribution < 1.29 is 9.53 Å². The first-order chi connectivity index (χ1) is 12.7. The summed E-state index contributed by atoms with van der Waals surface area (Å²) < 4.78 is 5.17. The van der Waals surface area contributed by atoms with Crippen LogP contribution in [0.1, 0.15) is 30.0 Å². The molecule has 1 aromatic carbocycles. The topological polar surface area (TPSA) is 71.1 Å². The van der Waals surface area contributed by atoms with E-state index in [0.29, 0.717) is 6.42 Å². The number of amides is 1. The highest BCUT2D eigenvalue weighted by molar-refractivity contribution is 5.79. The number of H-pyrrole nitrogens is 1. The molecule has 1 N–H and O–H groups in total. The SMILES string of the molecule is COc1ccc(CC(=O)N2CCCC(c3ccc4cn[nH]c4n3)C2)cc1. The van der Waals surface area contributed by atoms with E-state index in [2.05, 4.69) is 21.2 Å². The summed E-state index contributed by atoms with van der Waals surface area (Å²) >= 11 is 0. The van der Waals surface area contributed by atoms with E-state index in [1.54, 1.807) is 13.3 Å². The van der Waals surface area contributed by atoms with E-state index in [0.717, 1.165) is 54.0 Å². The van der Waals surface area contributed by atoms with Crippen molar-refractivity contribution in [1.29, 1.82) is 0 Å². The van der Waals surface area contributed by atoms with Gasteiger partial charge >= 0.3 is 0 Å². The van der Waals surface area contributed by atoms with Crippen molar-refractivity contribution in [2.24, 2.45) is 0 Å². The Hall–Kier alpha value is -2.89. The zero-order chi connectivity index (χ0) is 17.9. The molecule has 1 unspecified atom stereocenters. The number of aromatic nitrogens is 3. The van der Waals surface area contributed by atoms with Crippen molar-refractivity contribution in [3.05, 3.63) is 53.9 Å². The van der Waals surface area contributed by atoms with Gasteiger partial charge in [-0.1, -0.05) is 12.1 Å². The quantitative estimate of drug-likeness (QED) is 0.785. The summed E-state index contributed by atoms with van der Waals surface area (Å²) in [5.74, 6) is 1.25. The highest BCUT2D eigenvalue weighted by Gasteiger charge is 2.25. The summed E-state index contributed by atoms with van der Waals surface area (Å²) in [6.07, 6.45) is 4.25. The molecule has 134 valence electrons. The number of pyridine rings is 1. The van der Waals surface area contributed by atoms with Gasteiger partial charge in [0.05, 0.1) is 19.7 Å². The molecule has 0 spiro atoms. The van der Waals surface area contributed by atoms with Gasteiger partial charge in [-0.2, -0.15) is 5.10 Å². The van der Waals surface area contributed by atoms with Crippen LogP contribution in [0.5, 0.6) is 5.75 Å². The fourth-order valence-corrected chi connectivity index (χ4v) is 3.54. The number of methoxy groups -OCH3 is 1. The molecule has 3 heterocycles. The Morgan fingerprint density at radius 1 is 1.27 bits per heavy atom. The van der Waals surface area contributed by atoms with E-state index in [1.807, 2.05) is 35.2 Å². The Morgan fingerprint density at radius 3 is 2.92 bits per heavy atom. The number of rotatable bonds is 4. The number of hydrogen-bond acceptors (Lipinski definition) is 4. The Labute approximate surface area is 152 Å². The average Bonchev–Trinajstić information content (AvgIpc) is 3.16. The zero-order valence-corrected chi connectivity index (χ0v) is 14.8. The highest BCUT2D eigenvalue weighted by Crippen LogP contribution is 2.27. The van der Waals surface area contributed by atoms with E-state index in [4.69, 9.17) is 4.74 Å². The molecule has 6 nitrogen and oxygen atoms in total. The Balaban J connectivity index is 1.44. The molecule has 2 aromatic heterocycles. The summed E-state index contributed by atoms with van der Waals surface area (Å²) in [4.78, 5) is 19.4.